The molecule has 2 rings (SSSR count). The molecule has 0 spiro atoms. The molecule has 0 saturated heterocycles. The SMILES string of the molecule is CCCOc1ccc(/C=N\OCC(=O)Nc2cccc(C)c2)cc1OC. The highest BCUT2D eigenvalue weighted by atomic mass is 16.6. The van der Waals surface area contributed by atoms with Gasteiger partial charge in [0.05, 0.1) is 19.9 Å². The van der Waals surface area contributed by atoms with E-state index in [9.17, 15) is 4.79 Å². The average Bonchev–Trinajstić information content (AvgIpc) is 2.64. The number of hydrogen-bond acceptors (Lipinski definition) is 5. The lowest BCUT2D eigenvalue weighted by Crippen LogP contribution is -2.16. The van der Waals surface area contributed by atoms with Crippen LogP contribution < -0.4 is 14.8 Å². The molecule has 1 N–H and O–H groups in total. The van der Waals surface area contributed by atoms with E-state index >= 15 is 0 Å². The van der Waals surface area contributed by atoms with E-state index in [0.29, 0.717) is 18.1 Å². The van der Waals surface area contributed by atoms with E-state index in [0.717, 1.165) is 23.2 Å². The topological polar surface area (TPSA) is 69.2 Å². The van der Waals surface area contributed by atoms with Gasteiger partial charge in [0.2, 0.25) is 0 Å². The summed E-state index contributed by atoms with van der Waals surface area (Å²) in [6.07, 6.45) is 2.44. The number of aryl methyl sites for hydroxylation is 1. The van der Waals surface area contributed by atoms with Crippen molar-refractivity contribution in [2.45, 2.75) is 20.3 Å². The van der Waals surface area contributed by atoms with Crippen molar-refractivity contribution in [2.75, 3.05) is 25.6 Å². The fraction of sp³-hybridized carbons (Fsp3) is 0.300. The molecule has 6 nitrogen and oxygen atoms in total. The lowest BCUT2D eigenvalue weighted by atomic mass is 10.2. The van der Waals surface area contributed by atoms with Crippen LogP contribution >= 0.6 is 0 Å². The number of hydrogen-bond donors (Lipinski definition) is 1. The van der Waals surface area contributed by atoms with E-state index in [1.807, 2.05) is 50.2 Å². The molecule has 0 saturated carbocycles. The first-order valence-corrected chi connectivity index (χ1v) is 8.45. The number of carbonyl (C=O) groups excluding carboxylic acids is 1. The van der Waals surface area contributed by atoms with Crippen LogP contribution in [0.15, 0.2) is 47.6 Å². The number of benzene rings is 2. The van der Waals surface area contributed by atoms with Gasteiger partial charge in [-0.2, -0.15) is 0 Å². The van der Waals surface area contributed by atoms with Crippen LogP contribution in [0.25, 0.3) is 0 Å². The molecule has 26 heavy (non-hydrogen) atoms. The highest BCUT2D eigenvalue weighted by Crippen LogP contribution is 2.27. The number of rotatable bonds is 9. The van der Waals surface area contributed by atoms with E-state index in [1.54, 1.807) is 13.2 Å². The molecule has 6 heteroatoms. The van der Waals surface area contributed by atoms with E-state index in [4.69, 9.17) is 14.3 Å². The first-order valence-electron chi connectivity index (χ1n) is 8.45. The van der Waals surface area contributed by atoms with E-state index in [-0.39, 0.29) is 12.5 Å². The molecule has 0 aliphatic rings. The summed E-state index contributed by atoms with van der Waals surface area (Å²) in [5.41, 5.74) is 2.59. The zero-order chi connectivity index (χ0) is 18.8. The third-order valence-electron chi connectivity index (χ3n) is 3.42. The zero-order valence-corrected chi connectivity index (χ0v) is 15.3. The molecule has 0 radical (unpaired) electrons. The van der Waals surface area contributed by atoms with Crippen LogP contribution in [0, 0.1) is 6.92 Å². The molecular formula is C20H24N2O4. The second kappa shape index (κ2) is 10.1. The first kappa shape index (κ1) is 19.3. The summed E-state index contributed by atoms with van der Waals surface area (Å²) >= 11 is 0. The van der Waals surface area contributed by atoms with Gasteiger partial charge < -0.3 is 19.6 Å². The van der Waals surface area contributed by atoms with Gasteiger partial charge in [-0.15, -0.1) is 0 Å². The summed E-state index contributed by atoms with van der Waals surface area (Å²) in [5, 5.41) is 6.58. The van der Waals surface area contributed by atoms with Crippen molar-refractivity contribution in [1.29, 1.82) is 0 Å². The molecule has 0 bridgehead atoms. The van der Waals surface area contributed by atoms with Crippen LogP contribution in [0.5, 0.6) is 11.5 Å². The van der Waals surface area contributed by atoms with Gasteiger partial charge in [0.15, 0.2) is 18.1 Å². The summed E-state index contributed by atoms with van der Waals surface area (Å²) in [6, 6.07) is 13.0. The van der Waals surface area contributed by atoms with Crippen LogP contribution in [0.3, 0.4) is 0 Å². The minimum atomic E-state index is -0.270. The summed E-state index contributed by atoms with van der Waals surface area (Å²) in [7, 11) is 1.58. The van der Waals surface area contributed by atoms with Gasteiger partial charge in [0, 0.05) is 11.3 Å². The standard InChI is InChI=1S/C20H24N2O4/c1-4-10-25-18-9-8-16(12-19(18)24-3)13-21-26-14-20(23)22-17-7-5-6-15(2)11-17/h5-9,11-13H,4,10,14H2,1-3H3,(H,22,23)/b21-13-. The second-order valence-electron chi connectivity index (χ2n) is 5.68. The summed E-state index contributed by atoms with van der Waals surface area (Å²) in [4.78, 5) is 16.9. The number of ether oxygens (including phenoxy) is 2. The average molecular weight is 356 g/mol. The fourth-order valence-corrected chi connectivity index (χ4v) is 2.21. The maximum atomic E-state index is 11.8. The Bertz CT molecular complexity index is 759. The highest BCUT2D eigenvalue weighted by molar-refractivity contribution is 5.91. The van der Waals surface area contributed by atoms with Crippen molar-refractivity contribution >= 4 is 17.8 Å². The fourth-order valence-electron chi connectivity index (χ4n) is 2.21. The lowest BCUT2D eigenvalue weighted by Gasteiger charge is -2.10. The largest absolute Gasteiger partial charge is 0.493 e. The predicted molar refractivity (Wildman–Crippen MR) is 102 cm³/mol. The van der Waals surface area contributed by atoms with Gasteiger partial charge in [-0.25, -0.2) is 0 Å². The molecule has 0 aliphatic heterocycles. The minimum absolute atomic E-state index is 0.167. The number of amides is 1. The van der Waals surface area contributed by atoms with Gasteiger partial charge in [0.1, 0.15) is 0 Å². The first-order chi connectivity index (χ1) is 12.6. The van der Waals surface area contributed by atoms with Crippen molar-refractivity contribution in [1.82, 2.24) is 0 Å². The number of anilines is 1. The number of carbonyl (C=O) groups is 1. The normalized spacial score (nSPS) is 10.6. The van der Waals surface area contributed by atoms with Crippen molar-refractivity contribution in [3.8, 4) is 11.5 Å². The Labute approximate surface area is 153 Å². The quantitative estimate of drug-likeness (QED) is 0.548. The Hall–Kier alpha value is -3.02. The Balaban J connectivity index is 1.85. The maximum Gasteiger partial charge on any atom is 0.265 e. The predicted octanol–water partition coefficient (Wildman–Crippen LogP) is 3.78. The molecule has 0 unspecified atom stereocenters. The van der Waals surface area contributed by atoms with E-state index in [1.165, 1.54) is 6.21 Å². The van der Waals surface area contributed by atoms with Gasteiger partial charge in [-0.1, -0.05) is 24.2 Å². The Morgan fingerprint density at radius 3 is 2.77 bits per heavy atom. The van der Waals surface area contributed by atoms with Crippen LogP contribution in [0.1, 0.15) is 24.5 Å². The Morgan fingerprint density at radius 2 is 2.04 bits per heavy atom. The number of nitrogens with zero attached hydrogens (tertiary/aromatic N) is 1. The third-order valence-corrected chi connectivity index (χ3v) is 3.42. The zero-order valence-electron chi connectivity index (χ0n) is 15.3. The molecule has 138 valence electrons. The van der Waals surface area contributed by atoms with Crippen LogP contribution in [-0.4, -0.2) is 32.4 Å². The molecule has 0 fully saturated rings. The maximum absolute atomic E-state index is 11.8. The van der Waals surface area contributed by atoms with Crippen LogP contribution in [-0.2, 0) is 9.63 Å². The van der Waals surface area contributed by atoms with Gasteiger partial charge in [0.25, 0.3) is 5.91 Å². The van der Waals surface area contributed by atoms with Gasteiger partial charge in [-0.05, 0) is 49.2 Å². The molecule has 0 aromatic heterocycles. The Morgan fingerprint density at radius 1 is 1.19 bits per heavy atom. The van der Waals surface area contributed by atoms with Crippen molar-refractivity contribution in [3.63, 3.8) is 0 Å². The monoisotopic (exact) mass is 356 g/mol. The summed E-state index contributed by atoms with van der Waals surface area (Å²) in [5.74, 6) is 1.04. The van der Waals surface area contributed by atoms with E-state index in [2.05, 4.69) is 10.5 Å². The van der Waals surface area contributed by atoms with Gasteiger partial charge in [-0.3, -0.25) is 4.79 Å². The molecule has 0 heterocycles. The summed E-state index contributed by atoms with van der Waals surface area (Å²) in [6.45, 7) is 4.46. The molecular weight excluding hydrogens is 332 g/mol. The van der Waals surface area contributed by atoms with Crippen molar-refractivity contribution in [3.05, 3.63) is 53.6 Å². The third kappa shape index (κ3) is 6.12. The molecule has 0 atom stereocenters. The van der Waals surface area contributed by atoms with E-state index < -0.39 is 0 Å². The van der Waals surface area contributed by atoms with Crippen LogP contribution in [0.4, 0.5) is 5.69 Å². The Kier molecular flexibility index (Phi) is 7.49. The molecule has 2 aromatic carbocycles. The van der Waals surface area contributed by atoms with Crippen molar-refractivity contribution < 1.29 is 19.1 Å². The van der Waals surface area contributed by atoms with Gasteiger partial charge >= 0.3 is 0 Å². The molecule has 0 aliphatic carbocycles. The number of nitrogens with one attached hydrogen (secondary N) is 1. The second-order valence-corrected chi connectivity index (χ2v) is 5.68. The summed E-state index contributed by atoms with van der Waals surface area (Å²) < 4.78 is 10.9. The number of methoxy groups -OCH3 is 1. The molecule has 2 aromatic rings. The molecule has 1 amide bonds. The highest BCUT2D eigenvalue weighted by Gasteiger charge is 2.05. The lowest BCUT2D eigenvalue weighted by molar-refractivity contribution is -0.120. The minimum Gasteiger partial charge on any atom is -0.493 e. The van der Waals surface area contributed by atoms with Crippen molar-refractivity contribution in [2.24, 2.45) is 5.16 Å². The smallest absolute Gasteiger partial charge is 0.265 e. The van der Waals surface area contributed by atoms with Crippen LogP contribution in [0.2, 0.25) is 0 Å². The number of oxime groups is 1.